The first-order valence-electron chi connectivity index (χ1n) is 18.6. The third-order valence-corrected chi connectivity index (χ3v) is 10.8. The van der Waals surface area contributed by atoms with E-state index >= 15 is 0 Å². The lowest BCUT2D eigenvalue weighted by atomic mass is 9.98. The standard InChI is InChI=1S/C51H33N3O/c1-3-15-36(16-4-1)51-52-49-43-22-10-8-17-37(43)32-48(50(49)55-51)53(39-28-26-35(27-29-39)42-24-13-18-34-14-7-9-21-41(34)42)40-30-31-47-45(33-40)44-23-11-12-25-46(44)54(47)38-19-5-2-6-20-38/h1-33H. The minimum absolute atomic E-state index is 0.598. The molecule has 4 nitrogen and oxygen atoms in total. The summed E-state index contributed by atoms with van der Waals surface area (Å²) in [5.41, 5.74) is 11.3. The second-order valence-corrected chi connectivity index (χ2v) is 14.0. The first-order chi connectivity index (χ1) is 27.3. The van der Waals surface area contributed by atoms with Gasteiger partial charge in [-0.1, -0.05) is 133 Å². The van der Waals surface area contributed by atoms with Gasteiger partial charge in [-0.15, -0.1) is 0 Å². The minimum atomic E-state index is 0.598. The van der Waals surface area contributed by atoms with Gasteiger partial charge in [-0.25, -0.2) is 4.98 Å². The molecule has 0 amide bonds. The summed E-state index contributed by atoms with van der Waals surface area (Å²) in [6.07, 6.45) is 0. The molecule has 9 aromatic carbocycles. The maximum atomic E-state index is 6.82. The van der Waals surface area contributed by atoms with Crippen molar-refractivity contribution in [2.24, 2.45) is 0 Å². The van der Waals surface area contributed by atoms with Crippen LogP contribution in [-0.2, 0) is 0 Å². The SMILES string of the molecule is c1ccc(-c2nc3c(o2)c(N(c2ccc(-c4cccc5ccccc45)cc2)c2ccc4c(c2)c2ccccc2n4-c2ccccc2)cc2ccccc23)cc1. The van der Waals surface area contributed by atoms with Crippen LogP contribution in [-0.4, -0.2) is 9.55 Å². The fourth-order valence-electron chi connectivity index (χ4n) is 8.25. The molecular weight excluding hydrogens is 671 g/mol. The van der Waals surface area contributed by atoms with Crippen LogP contribution < -0.4 is 4.90 Å². The number of benzene rings is 9. The van der Waals surface area contributed by atoms with Gasteiger partial charge in [0, 0.05) is 38.8 Å². The molecule has 11 rings (SSSR count). The smallest absolute Gasteiger partial charge is 0.227 e. The van der Waals surface area contributed by atoms with Gasteiger partial charge >= 0.3 is 0 Å². The first kappa shape index (κ1) is 31.1. The average molecular weight is 704 g/mol. The van der Waals surface area contributed by atoms with E-state index in [9.17, 15) is 0 Å². The summed E-state index contributed by atoms with van der Waals surface area (Å²) in [6.45, 7) is 0. The summed E-state index contributed by atoms with van der Waals surface area (Å²) in [6, 6.07) is 70.9. The van der Waals surface area contributed by atoms with Crippen molar-refractivity contribution in [1.82, 2.24) is 9.55 Å². The Morgan fingerprint density at radius 2 is 1.07 bits per heavy atom. The fraction of sp³-hybridized carbons (Fsp3) is 0. The maximum Gasteiger partial charge on any atom is 0.227 e. The van der Waals surface area contributed by atoms with E-state index in [-0.39, 0.29) is 0 Å². The largest absolute Gasteiger partial charge is 0.434 e. The minimum Gasteiger partial charge on any atom is -0.434 e. The van der Waals surface area contributed by atoms with Crippen molar-refractivity contribution in [3.8, 4) is 28.3 Å². The number of nitrogens with zero attached hydrogens (tertiary/aromatic N) is 3. The number of hydrogen-bond acceptors (Lipinski definition) is 3. The zero-order chi connectivity index (χ0) is 36.3. The Hall–Kier alpha value is -7.43. The second-order valence-electron chi connectivity index (χ2n) is 14.0. The topological polar surface area (TPSA) is 34.2 Å². The highest BCUT2D eigenvalue weighted by Gasteiger charge is 2.24. The van der Waals surface area contributed by atoms with Gasteiger partial charge in [0.05, 0.1) is 16.7 Å². The number of fused-ring (bicyclic) bond motifs is 7. The molecule has 258 valence electrons. The number of aromatic nitrogens is 2. The van der Waals surface area contributed by atoms with Crippen molar-refractivity contribution in [3.05, 3.63) is 200 Å². The monoisotopic (exact) mass is 703 g/mol. The molecule has 0 spiro atoms. The zero-order valence-corrected chi connectivity index (χ0v) is 29.8. The van der Waals surface area contributed by atoms with Gasteiger partial charge in [0.15, 0.2) is 5.58 Å². The molecule has 4 heteroatoms. The molecule has 0 bridgehead atoms. The number of hydrogen-bond donors (Lipinski definition) is 0. The van der Waals surface area contributed by atoms with Crippen LogP contribution in [0.5, 0.6) is 0 Å². The summed E-state index contributed by atoms with van der Waals surface area (Å²) < 4.78 is 9.18. The van der Waals surface area contributed by atoms with E-state index in [4.69, 9.17) is 9.40 Å². The van der Waals surface area contributed by atoms with Crippen molar-refractivity contribution in [1.29, 1.82) is 0 Å². The van der Waals surface area contributed by atoms with Crippen molar-refractivity contribution in [2.45, 2.75) is 0 Å². The summed E-state index contributed by atoms with van der Waals surface area (Å²) in [4.78, 5) is 7.48. The number of anilines is 3. The quantitative estimate of drug-likeness (QED) is 0.173. The number of rotatable bonds is 6. The highest BCUT2D eigenvalue weighted by molar-refractivity contribution is 6.13. The molecule has 2 aromatic heterocycles. The number of para-hydroxylation sites is 2. The Labute approximate surface area is 317 Å². The highest BCUT2D eigenvalue weighted by atomic mass is 16.3. The van der Waals surface area contributed by atoms with Crippen LogP contribution in [0.3, 0.4) is 0 Å². The van der Waals surface area contributed by atoms with Crippen LogP contribution in [0.2, 0.25) is 0 Å². The molecule has 11 aromatic rings. The van der Waals surface area contributed by atoms with Crippen LogP contribution in [0, 0.1) is 0 Å². The van der Waals surface area contributed by atoms with Crippen LogP contribution in [0.4, 0.5) is 17.1 Å². The molecule has 55 heavy (non-hydrogen) atoms. The van der Waals surface area contributed by atoms with E-state index in [0.29, 0.717) is 5.89 Å². The summed E-state index contributed by atoms with van der Waals surface area (Å²) in [5.74, 6) is 0.598. The van der Waals surface area contributed by atoms with Crippen molar-refractivity contribution in [2.75, 3.05) is 4.90 Å². The zero-order valence-electron chi connectivity index (χ0n) is 29.8. The molecular formula is C51H33N3O. The fourth-order valence-corrected chi connectivity index (χ4v) is 8.25. The van der Waals surface area contributed by atoms with Crippen LogP contribution in [0.1, 0.15) is 0 Å². The lowest BCUT2D eigenvalue weighted by Gasteiger charge is -2.26. The van der Waals surface area contributed by atoms with E-state index < -0.39 is 0 Å². The summed E-state index contributed by atoms with van der Waals surface area (Å²) >= 11 is 0. The summed E-state index contributed by atoms with van der Waals surface area (Å²) in [7, 11) is 0. The van der Waals surface area contributed by atoms with Crippen LogP contribution in [0.25, 0.3) is 82.7 Å². The molecule has 0 N–H and O–H groups in total. The Morgan fingerprint density at radius 1 is 0.436 bits per heavy atom. The molecule has 0 aliphatic rings. The molecule has 0 saturated heterocycles. The highest BCUT2D eigenvalue weighted by Crippen LogP contribution is 2.45. The predicted molar refractivity (Wildman–Crippen MR) is 229 cm³/mol. The Kier molecular flexibility index (Phi) is 7.14. The van der Waals surface area contributed by atoms with E-state index in [1.165, 1.54) is 32.6 Å². The Bertz CT molecular complexity index is 3190. The molecule has 0 aliphatic carbocycles. The second kappa shape index (κ2) is 12.6. The third kappa shape index (κ3) is 5.11. The van der Waals surface area contributed by atoms with Gasteiger partial charge in [0.1, 0.15) is 5.52 Å². The molecule has 0 fully saturated rings. The predicted octanol–water partition coefficient (Wildman–Crippen LogP) is 14.0. The molecule has 0 atom stereocenters. The summed E-state index contributed by atoms with van der Waals surface area (Å²) in [5, 5.41) is 6.99. The van der Waals surface area contributed by atoms with Gasteiger partial charge in [-0.2, -0.15) is 0 Å². The van der Waals surface area contributed by atoms with E-state index in [2.05, 4.69) is 179 Å². The van der Waals surface area contributed by atoms with E-state index in [1.54, 1.807) is 0 Å². The average Bonchev–Trinajstić information content (AvgIpc) is 3.85. The van der Waals surface area contributed by atoms with Gasteiger partial charge in [-0.3, -0.25) is 0 Å². The maximum absolute atomic E-state index is 6.82. The molecule has 0 unspecified atom stereocenters. The van der Waals surface area contributed by atoms with Crippen LogP contribution >= 0.6 is 0 Å². The first-order valence-corrected chi connectivity index (χ1v) is 18.6. The van der Waals surface area contributed by atoms with E-state index in [1.807, 2.05) is 30.3 Å². The Balaban J connectivity index is 1.17. The molecule has 2 heterocycles. The normalized spacial score (nSPS) is 11.6. The molecule has 0 radical (unpaired) electrons. The van der Waals surface area contributed by atoms with Gasteiger partial charge in [0.25, 0.3) is 0 Å². The van der Waals surface area contributed by atoms with Crippen molar-refractivity contribution >= 4 is 71.5 Å². The van der Waals surface area contributed by atoms with E-state index in [0.717, 1.165) is 61.3 Å². The van der Waals surface area contributed by atoms with Crippen LogP contribution in [0.15, 0.2) is 205 Å². The van der Waals surface area contributed by atoms with Gasteiger partial charge < -0.3 is 13.9 Å². The lowest BCUT2D eigenvalue weighted by Crippen LogP contribution is -2.10. The third-order valence-electron chi connectivity index (χ3n) is 10.8. The molecule has 0 aliphatic heterocycles. The molecule has 0 saturated carbocycles. The number of oxazole rings is 1. The van der Waals surface area contributed by atoms with Gasteiger partial charge in [0.2, 0.25) is 5.89 Å². The van der Waals surface area contributed by atoms with Gasteiger partial charge in [-0.05, 0) is 94.0 Å². The lowest BCUT2D eigenvalue weighted by molar-refractivity contribution is 0.620. The Morgan fingerprint density at radius 3 is 1.89 bits per heavy atom. The van der Waals surface area contributed by atoms with Crippen molar-refractivity contribution in [3.63, 3.8) is 0 Å². The van der Waals surface area contributed by atoms with Crippen molar-refractivity contribution < 1.29 is 4.42 Å².